The Bertz CT molecular complexity index is 1490. The van der Waals surface area contributed by atoms with Crippen molar-refractivity contribution in [2.75, 3.05) is 10.5 Å². The lowest BCUT2D eigenvalue weighted by Gasteiger charge is -2.10. The summed E-state index contributed by atoms with van der Waals surface area (Å²) in [6, 6.07) is 10.1. The van der Waals surface area contributed by atoms with Crippen molar-refractivity contribution in [3.05, 3.63) is 77.1 Å². The number of anilines is 1. The number of aromatic nitrogens is 3. The molecule has 0 aliphatic carbocycles. The second-order valence-corrected chi connectivity index (χ2v) is 9.21. The van der Waals surface area contributed by atoms with Crippen LogP contribution in [0.25, 0.3) is 32.4 Å². The number of benzene rings is 2. The molecule has 0 saturated heterocycles. The van der Waals surface area contributed by atoms with Crippen LogP contribution in [0.1, 0.15) is 29.3 Å². The van der Waals surface area contributed by atoms with E-state index in [1.807, 2.05) is 25.1 Å². The molecule has 0 aliphatic heterocycles. The molecule has 2 aromatic carbocycles. The van der Waals surface area contributed by atoms with E-state index in [4.69, 9.17) is 0 Å². The van der Waals surface area contributed by atoms with Crippen LogP contribution in [-0.4, -0.2) is 26.5 Å². The van der Waals surface area contributed by atoms with E-state index in [0.29, 0.717) is 11.0 Å². The number of ketones is 1. The summed E-state index contributed by atoms with van der Waals surface area (Å²) >= 11 is 2.86. The quantitative estimate of drug-likeness (QED) is 0.152. The fourth-order valence-corrected chi connectivity index (χ4v) is 4.87. The highest BCUT2D eigenvalue weighted by molar-refractivity contribution is 8.00. The molecule has 3 aromatic heterocycles. The molecule has 0 spiro atoms. The smallest absolute Gasteiger partial charge is 0.201 e. The molecule has 166 valence electrons. The van der Waals surface area contributed by atoms with E-state index >= 15 is 4.39 Å². The lowest BCUT2D eigenvalue weighted by atomic mass is 10.00. The summed E-state index contributed by atoms with van der Waals surface area (Å²) in [5, 5.41) is 0.494. The van der Waals surface area contributed by atoms with Crippen molar-refractivity contribution < 1.29 is 13.6 Å². The zero-order valence-electron chi connectivity index (χ0n) is 17.5. The average Bonchev–Trinajstić information content (AvgIpc) is 3.46. The number of carbonyl (C=O) groups is 1. The van der Waals surface area contributed by atoms with Gasteiger partial charge in [0, 0.05) is 34.7 Å². The summed E-state index contributed by atoms with van der Waals surface area (Å²) < 4.78 is 33.6. The highest BCUT2D eigenvalue weighted by Crippen LogP contribution is 2.31. The standard InChI is InChI=1S/C24H18F2N4OS2/c1-2-7-33-30-18-5-4-17(25)21(22(18)26)23(31)16-11-28-24-15(16)8-14(10-27-24)13-3-6-20-19(9-13)29-12-32-20/h3-6,8-12,30H,2,7H2,1H3,(H,27,28). The van der Waals surface area contributed by atoms with Crippen LogP contribution in [0.4, 0.5) is 14.5 Å². The Morgan fingerprint density at radius 3 is 2.88 bits per heavy atom. The molecule has 0 radical (unpaired) electrons. The SMILES string of the molecule is CCCSNc1ccc(F)c(C(=O)c2c[nH]c3ncc(-c4ccc5scnc5c4)cc23)c1F. The second kappa shape index (κ2) is 8.92. The van der Waals surface area contributed by atoms with E-state index in [2.05, 4.69) is 19.7 Å². The first kappa shape index (κ1) is 21.5. The van der Waals surface area contributed by atoms with Crippen molar-refractivity contribution in [1.82, 2.24) is 15.0 Å². The number of halogens is 2. The van der Waals surface area contributed by atoms with Gasteiger partial charge in [0.15, 0.2) is 5.82 Å². The van der Waals surface area contributed by atoms with Crippen LogP contribution >= 0.6 is 23.3 Å². The number of thiazole rings is 1. The van der Waals surface area contributed by atoms with Crippen LogP contribution in [0.2, 0.25) is 0 Å². The van der Waals surface area contributed by atoms with Gasteiger partial charge >= 0.3 is 0 Å². The highest BCUT2D eigenvalue weighted by atomic mass is 32.2. The first-order valence-corrected chi connectivity index (χ1v) is 12.1. The van der Waals surface area contributed by atoms with Gasteiger partial charge in [0.05, 0.1) is 27.0 Å². The molecule has 0 bridgehead atoms. The lowest BCUT2D eigenvalue weighted by molar-refractivity contribution is 0.103. The zero-order valence-corrected chi connectivity index (χ0v) is 19.1. The van der Waals surface area contributed by atoms with E-state index in [-0.39, 0.29) is 11.3 Å². The van der Waals surface area contributed by atoms with E-state index in [9.17, 15) is 9.18 Å². The number of nitrogens with one attached hydrogen (secondary N) is 2. The Morgan fingerprint density at radius 2 is 2.03 bits per heavy atom. The maximum absolute atomic E-state index is 15.1. The van der Waals surface area contributed by atoms with Crippen LogP contribution in [0.3, 0.4) is 0 Å². The van der Waals surface area contributed by atoms with Gasteiger partial charge in [-0.15, -0.1) is 11.3 Å². The fourth-order valence-electron chi connectivity index (χ4n) is 3.59. The van der Waals surface area contributed by atoms with Crippen LogP contribution in [0.5, 0.6) is 0 Å². The molecule has 3 heterocycles. The van der Waals surface area contributed by atoms with E-state index in [0.717, 1.165) is 39.6 Å². The Hall–Kier alpha value is -3.30. The van der Waals surface area contributed by atoms with E-state index in [1.165, 1.54) is 24.2 Å². The van der Waals surface area contributed by atoms with E-state index in [1.54, 1.807) is 29.1 Å². The third kappa shape index (κ3) is 3.98. The number of nitrogens with zero attached hydrogens (tertiary/aromatic N) is 2. The number of pyridine rings is 1. The molecule has 5 rings (SSSR count). The van der Waals surface area contributed by atoms with Crippen molar-refractivity contribution in [3.63, 3.8) is 0 Å². The summed E-state index contributed by atoms with van der Waals surface area (Å²) in [5.41, 5.74) is 4.43. The van der Waals surface area contributed by atoms with Gasteiger partial charge in [-0.2, -0.15) is 0 Å². The van der Waals surface area contributed by atoms with Crippen molar-refractivity contribution >= 4 is 56.0 Å². The number of H-pyrrole nitrogens is 1. The molecule has 0 fully saturated rings. The van der Waals surface area contributed by atoms with Crippen LogP contribution in [0, 0.1) is 11.6 Å². The average molecular weight is 481 g/mol. The minimum atomic E-state index is -0.906. The molecule has 2 N–H and O–H groups in total. The largest absolute Gasteiger partial charge is 0.345 e. The van der Waals surface area contributed by atoms with Crippen LogP contribution in [0.15, 0.2) is 54.3 Å². The Kier molecular flexibility index (Phi) is 5.82. The van der Waals surface area contributed by atoms with Gasteiger partial charge in [-0.05, 0) is 42.3 Å². The number of carbonyl (C=O) groups excluding carboxylic acids is 1. The third-order valence-electron chi connectivity index (χ3n) is 5.25. The molecule has 5 nitrogen and oxygen atoms in total. The maximum atomic E-state index is 15.1. The summed E-state index contributed by atoms with van der Waals surface area (Å²) in [5.74, 6) is -1.80. The summed E-state index contributed by atoms with van der Waals surface area (Å²) in [6.07, 6.45) is 4.03. The summed E-state index contributed by atoms with van der Waals surface area (Å²) in [6.45, 7) is 2.00. The van der Waals surface area contributed by atoms with E-state index < -0.39 is 23.0 Å². The Morgan fingerprint density at radius 1 is 1.15 bits per heavy atom. The predicted molar refractivity (Wildman–Crippen MR) is 131 cm³/mol. The molecular formula is C24H18F2N4OS2. The van der Waals surface area contributed by atoms with Gasteiger partial charge in [0.1, 0.15) is 11.5 Å². The van der Waals surface area contributed by atoms with Gasteiger partial charge < -0.3 is 9.71 Å². The Balaban J connectivity index is 1.55. The summed E-state index contributed by atoms with van der Waals surface area (Å²) in [7, 11) is 0. The number of hydrogen-bond donors (Lipinski definition) is 2. The maximum Gasteiger partial charge on any atom is 0.201 e. The van der Waals surface area contributed by atoms with Crippen molar-refractivity contribution in [3.8, 4) is 11.1 Å². The molecule has 9 heteroatoms. The molecule has 0 atom stereocenters. The molecule has 0 unspecified atom stereocenters. The molecule has 0 aliphatic rings. The minimum Gasteiger partial charge on any atom is -0.345 e. The van der Waals surface area contributed by atoms with Crippen molar-refractivity contribution in [2.45, 2.75) is 13.3 Å². The first-order valence-electron chi connectivity index (χ1n) is 10.3. The lowest BCUT2D eigenvalue weighted by Crippen LogP contribution is -2.09. The molecule has 0 amide bonds. The number of aromatic amines is 1. The Labute approximate surface area is 196 Å². The third-order valence-corrected chi connectivity index (χ3v) is 7.03. The topological polar surface area (TPSA) is 70.7 Å². The zero-order chi connectivity index (χ0) is 22.9. The van der Waals surface area contributed by atoms with Crippen LogP contribution < -0.4 is 4.72 Å². The number of rotatable bonds is 7. The minimum absolute atomic E-state index is 0.0772. The van der Waals surface area contributed by atoms with Gasteiger partial charge in [-0.3, -0.25) is 4.79 Å². The van der Waals surface area contributed by atoms with Gasteiger partial charge in [-0.25, -0.2) is 18.7 Å². The molecule has 5 aromatic rings. The van der Waals surface area contributed by atoms with Crippen molar-refractivity contribution in [1.29, 1.82) is 0 Å². The number of fused-ring (bicyclic) bond motifs is 2. The fraction of sp³-hybridized carbons (Fsp3) is 0.125. The molecule has 0 saturated carbocycles. The van der Waals surface area contributed by atoms with Gasteiger partial charge in [0.25, 0.3) is 0 Å². The van der Waals surface area contributed by atoms with Crippen molar-refractivity contribution in [2.24, 2.45) is 0 Å². The highest BCUT2D eigenvalue weighted by Gasteiger charge is 2.24. The monoisotopic (exact) mass is 480 g/mol. The van der Waals surface area contributed by atoms with Gasteiger partial charge in [-0.1, -0.05) is 24.9 Å². The molecular weight excluding hydrogens is 462 g/mol. The van der Waals surface area contributed by atoms with Gasteiger partial charge in [0.2, 0.25) is 5.78 Å². The second-order valence-electron chi connectivity index (χ2n) is 7.42. The predicted octanol–water partition coefficient (Wildman–Crippen LogP) is 6.82. The number of hydrogen-bond acceptors (Lipinski definition) is 6. The summed E-state index contributed by atoms with van der Waals surface area (Å²) in [4.78, 5) is 24.9. The molecule has 33 heavy (non-hydrogen) atoms. The first-order chi connectivity index (χ1) is 16.1. The normalized spacial score (nSPS) is 11.4. The van der Waals surface area contributed by atoms with Crippen LogP contribution in [-0.2, 0) is 0 Å².